The molecule has 41 heavy (non-hydrogen) atoms. The second-order valence-electron chi connectivity index (χ2n) is 8.71. The summed E-state index contributed by atoms with van der Waals surface area (Å²) in [6.45, 7) is 3.89. The molecule has 15 nitrogen and oxygen atoms in total. The molecule has 1 aromatic carbocycles. The number of aromatic hydroxyl groups is 1. The van der Waals surface area contributed by atoms with E-state index in [4.69, 9.17) is 40.6 Å². The lowest BCUT2D eigenvalue weighted by molar-refractivity contribution is -0.288. The number of thiocarbonyl (C=S) groups is 1. The summed E-state index contributed by atoms with van der Waals surface area (Å²) in [5.41, 5.74) is -0.0456. The monoisotopic (exact) mass is 594 g/mol. The highest BCUT2D eigenvalue weighted by atomic mass is 32.1. The van der Waals surface area contributed by atoms with Gasteiger partial charge in [0, 0.05) is 27.7 Å². The Morgan fingerprint density at radius 1 is 0.902 bits per heavy atom. The highest BCUT2D eigenvalue weighted by molar-refractivity contribution is 7.80. The number of nitrogens with one attached hydrogen (secondary N) is 2. The summed E-state index contributed by atoms with van der Waals surface area (Å²) in [4.78, 5) is 71.5. The van der Waals surface area contributed by atoms with Gasteiger partial charge in [-0.1, -0.05) is 6.07 Å². The number of carbonyl (C=O) groups excluding carboxylic acids is 6. The number of rotatable bonds is 8. The molecule has 5 atom stereocenters. The Hall–Kier alpha value is -4.57. The van der Waals surface area contributed by atoms with E-state index in [1.54, 1.807) is 0 Å². The van der Waals surface area contributed by atoms with Crippen molar-refractivity contribution in [1.29, 1.82) is 0 Å². The van der Waals surface area contributed by atoms with Crippen LogP contribution in [0.4, 0.5) is 0 Å². The molecule has 220 valence electrons. The van der Waals surface area contributed by atoms with Crippen molar-refractivity contribution in [1.82, 2.24) is 10.6 Å². The van der Waals surface area contributed by atoms with Gasteiger partial charge in [0.05, 0.1) is 0 Å². The Balaban J connectivity index is 1.96. The molecular weight excluding hydrogens is 568 g/mol. The average Bonchev–Trinajstić information content (AvgIpc) is 2.84. The van der Waals surface area contributed by atoms with Crippen molar-refractivity contribution in [3.05, 3.63) is 29.3 Å². The predicted octanol–water partition coefficient (Wildman–Crippen LogP) is -0.232. The van der Waals surface area contributed by atoms with E-state index in [2.05, 4.69) is 10.6 Å². The lowest BCUT2D eigenvalue weighted by Gasteiger charge is -2.43. The summed E-state index contributed by atoms with van der Waals surface area (Å²) in [6.07, 6.45) is -6.02. The molecule has 0 saturated carbocycles. The lowest BCUT2D eigenvalue weighted by Crippen LogP contribution is -2.63. The first-order chi connectivity index (χ1) is 19.2. The van der Waals surface area contributed by atoms with Crippen LogP contribution in [0.2, 0.25) is 0 Å². The van der Waals surface area contributed by atoms with Gasteiger partial charge in [0.2, 0.25) is 12.4 Å². The van der Waals surface area contributed by atoms with Crippen LogP contribution in [0, 0.1) is 0 Å². The lowest BCUT2D eigenvalue weighted by atomic mass is 9.98. The summed E-state index contributed by atoms with van der Waals surface area (Å²) in [5, 5.41) is 15.1. The van der Waals surface area contributed by atoms with Gasteiger partial charge >= 0.3 is 23.9 Å². The molecule has 0 spiro atoms. The van der Waals surface area contributed by atoms with Crippen LogP contribution in [0.1, 0.15) is 33.3 Å². The molecule has 2 aliphatic rings. The molecule has 1 aromatic rings. The second kappa shape index (κ2) is 13.2. The van der Waals surface area contributed by atoms with E-state index in [0.717, 1.165) is 27.7 Å². The number of phenolic OH excluding ortho intramolecular Hbond substituents is 1. The van der Waals surface area contributed by atoms with Gasteiger partial charge < -0.3 is 33.5 Å². The van der Waals surface area contributed by atoms with E-state index >= 15 is 0 Å². The highest BCUT2D eigenvalue weighted by Crippen LogP contribution is 2.34. The van der Waals surface area contributed by atoms with Gasteiger partial charge in [-0.15, -0.1) is 0 Å². The van der Waals surface area contributed by atoms with Gasteiger partial charge in [-0.25, -0.2) is 0 Å². The third kappa shape index (κ3) is 8.21. The molecule has 2 heterocycles. The Morgan fingerprint density at radius 3 is 2.00 bits per heavy atom. The van der Waals surface area contributed by atoms with Crippen molar-refractivity contribution < 1.29 is 62.3 Å². The molecule has 2 fully saturated rings. The van der Waals surface area contributed by atoms with Gasteiger partial charge in [0.25, 0.3) is 11.8 Å². The minimum absolute atomic E-state index is 0.145. The quantitative estimate of drug-likeness (QED) is 0.117. The van der Waals surface area contributed by atoms with Crippen molar-refractivity contribution in [3.8, 4) is 11.5 Å². The number of benzene rings is 1. The summed E-state index contributed by atoms with van der Waals surface area (Å²) in [6, 6.07) is 3.82. The first-order valence-corrected chi connectivity index (χ1v) is 12.3. The van der Waals surface area contributed by atoms with Gasteiger partial charge in [-0.05, 0) is 36.0 Å². The second-order valence-corrected chi connectivity index (χ2v) is 9.12. The maximum Gasteiger partial charge on any atom is 0.303 e. The summed E-state index contributed by atoms with van der Waals surface area (Å²) in [5.74, 6) is -5.33. The SMILES string of the molecule is CC(=O)OC[C@H]1O[C@@H](Oc2ccc(C=C3C(=O)NC(=S)NC3=O)cc2O)[C@H](OC(C)=O)[C@@H](OC(C)=O)[C@@H]1OC(C)=O. The smallest absolute Gasteiger partial charge is 0.303 e. The van der Waals surface area contributed by atoms with Crippen LogP contribution in [-0.2, 0) is 52.5 Å². The molecule has 16 heteroatoms. The van der Waals surface area contributed by atoms with Crippen LogP contribution in [0.3, 0.4) is 0 Å². The van der Waals surface area contributed by atoms with Crippen molar-refractivity contribution in [2.24, 2.45) is 0 Å². The van der Waals surface area contributed by atoms with E-state index in [1.165, 1.54) is 24.3 Å². The topological polar surface area (TPSA) is 202 Å². The molecule has 3 rings (SSSR count). The third-order valence-electron chi connectivity index (χ3n) is 5.43. The van der Waals surface area contributed by atoms with Crippen LogP contribution in [-0.4, -0.2) is 83.2 Å². The van der Waals surface area contributed by atoms with Crippen LogP contribution in [0.5, 0.6) is 11.5 Å². The van der Waals surface area contributed by atoms with Crippen LogP contribution >= 0.6 is 12.2 Å². The molecular formula is C25H26N2O13S. The van der Waals surface area contributed by atoms with E-state index in [-0.39, 0.29) is 22.0 Å². The zero-order chi connectivity index (χ0) is 30.4. The Labute approximate surface area is 238 Å². The fraction of sp³-hybridized carbons (Fsp3) is 0.400. The third-order valence-corrected chi connectivity index (χ3v) is 5.63. The van der Waals surface area contributed by atoms with E-state index in [0.29, 0.717) is 0 Å². The number of amides is 2. The largest absolute Gasteiger partial charge is 0.504 e. The van der Waals surface area contributed by atoms with Crippen LogP contribution in [0.15, 0.2) is 23.8 Å². The number of carbonyl (C=O) groups is 6. The van der Waals surface area contributed by atoms with E-state index in [1.807, 2.05) is 0 Å². The molecule has 2 saturated heterocycles. The van der Waals surface area contributed by atoms with Crippen molar-refractivity contribution in [2.75, 3.05) is 6.61 Å². The maximum absolute atomic E-state index is 12.1. The molecule has 2 amide bonds. The number of esters is 4. The van der Waals surface area contributed by atoms with Gasteiger partial charge in [0.1, 0.15) is 18.3 Å². The molecule has 3 N–H and O–H groups in total. The van der Waals surface area contributed by atoms with Gasteiger partial charge in [-0.3, -0.25) is 39.4 Å². The molecule has 0 bridgehead atoms. The molecule has 0 aliphatic carbocycles. The first kappa shape index (κ1) is 31.0. The number of ether oxygens (including phenoxy) is 6. The standard InChI is InChI=1S/C25H26N2O13S/c1-10(28)35-9-18-19(36-11(2)29)20(37-12(3)30)21(38-13(4)31)24(40-18)39-17-6-5-14(8-16(17)32)7-15-22(33)26-25(41)27-23(15)34/h5-8,18-21,24,32H,9H2,1-4H3,(H2,26,27,33,34,41)/t18-,19-,20+,21-,24-/m1/s1. The average molecular weight is 595 g/mol. The van der Waals surface area contributed by atoms with Crippen molar-refractivity contribution in [2.45, 2.75) is 58.4 Å². The van der Waals surface area contributed by atoms with E-state index < -0.39 is 78.8 Å². The van der Waals surface area contributed by atoms with Crippen LogP contribution in [0.25, 0.3) is 6.08 Å². The fourth-order valence-corrected chi connectivity index (χ4v) is 4.09. The first-order valence-electron chi connectivity index (χ1n) is 11.9. The normalized spacial score (nSPS) is 23.9. The summed E-state index contributed by atoms with van der Waals surface area (Å²) < 4.78 is 32.6. The summed E-state index contributed by atoms with van der Waals surface area (Å²) >= 11 is 4.76. The Kier molecular flexibility index (Phi) is 9.96. The number of phenols is 1. The molecule has 2 aliphatic heterocycles. The summed E-state index contributed by atoms with van der Waals surface area (Å²) in [7, 11) is 0. The predicted molar refractivity (Wildman–Crippen MR) is 138 cm³/mol. The Bertz CT molecular complexity index is 1290. The fourth-order valence-electron chi connectivity index (χ4n) is 3.91. The zero-order valence-corrected chi connectivity index (χ0v) is 23.0. The molecule has 0 aromatic heterocycles. The minimum Gasteiger partial charge on any atom is -0.504 e. The zero-order valence-electron chi connectivity index (χ0n) is 22.2. The van der Waals surface area contributed by atoms with E-state index in [9.17, 15) is 33.9 Å². The molecule has 0 unspecified atom stereocenters. The van der Waals surface area contributed by atoms with Crippen molar-refractivity contribution >= 4 is 59.1 Å². The van der Waals surface area contributed by atoms with Gasteiger partial charge in [-0.2, -0.15) is 0 Å². The Morgan fingerprint density at radius 2 is 1.46 bits per heavy atom. The van der Waals surface area contributed by atoms with Crippen LogP contribution < -0.4 is 15.4 Å². The highest BCUT2D eigenvalue weighted by Gasteiger charge is 2.53. The molecule has 0 radical (unpaired) electrons. The number of hydrogen-bond acceptors (Lipinski definition) is 14. The maximum atomic E-state index is 12.1. The van der Waals surface area contributed by atoms with Gasteiger partial charge in [0.15, 0.2) is 28.8 Å². The number of hydrogen-bond donors (Lipinski definition) is 3. The minimum atomic E-state index is -1.58. The van der Waals surface area contributed by atoms with Crippen molar-refractivity contribution in [3.63, 3.8) is 0 Å².